The van der Waals surface area contributed by atoms with Crippen molar-refractivity contribution in [2.24, 2.45) is 0 Å². The number of hydrogen-bond acceptors (Lipinski definition) is 7. The summed E-state index contributed by atoms with van der Waals surface area (Å²) in [5.41, 5.74) is -0.260. The van der Waals surface area contributed by atoms with E-state index in [2.05, 4.69) is 4.83 Å². The normalized spacial score (nSPS) is 11.4. The molecular formula is C25H20N2O7S2. The van der Waals surface area contributed by atoms with Crippen molar-refractivity contribution in [1.82, 2.24) is 10.0 Å². The molecule has 11 heteroatoms. The van der Waals surface area contributed by atoms with Gasteiger partial charge in [-0.05, 0) is 48.5 Å². The number of amides is 1. The lowest BCUT2D eigenvalue weighted by Crippen LogP contribution is -2.48. The number of rotatable bonds is 9. The van der Waals surface area contributed by atoms with Crippen molar-refractivity contribution in [3.05, 3.63) is 121 Å². The van der Waals surface area contributed by atoms with Crippen LogP contribution in [-0.2, 0) is 20.1 Å². The fourth-order valence-electron chi connectivity index (χ4n) is 3.03. The third kappa shape index (κ3) is 5.89. The van der Waals surface area contributed by atoms with Crippen LogP contribution in [0, 0.1) is 0 Å². The molecule has 4 aromatic carbocycles. The highest BCUT2D eigenvalue weighted by Crippen LogP contribution is 2.25. The molecule has 36 heavy (non-hydrogen) atoms. The molecule has 0 fully saturated rings. The van der Waals surface area contributed by atoms with Crippen molar-refractivity contribution in [2.75, 3.05) is 0 Å². The van der Waals surface area contributed by atoms with Crippen molar-refractivity contribution >= 4 is 26.0 Å². The Morgan fingerprint density at radius 3 is 1.75 bits per heavy atom. The van der Waals surface area contributed by atoms with E-state index in [0.29, 0.717) is 5.17 Å². The quantitative estimate of drug-likeness (QED) is 0.261. The first-order valence-corrected chi connectivity index (χ1v) is 13.4. The Kier molecular flexibility index (Phi) is 7.34. The van der Waals surface area contributed by atoms with Gasteiger partial charge in [-0.15, -0.1) is 0 Å². The number of carbonyl (C=O) groups is 1. The zero-order chi connectivity index (χ0) is 25.6. The van der Waals surface area contributed by atoms with Gasteiger partial charge in [0.05, 0.1) is 10.5 Å². The fraction of sp³-hybridized carbons (Fsp3) is 0. The highest BCUT2D eigenvalue weighted by molar-refractivity contribution is 7.89. The lowest BCUT2D eigenvalue weighted by molar-refractivity contribution is -0.0502. The number of hydroxylamine groups is 1. The maximum atomic E-state index is 13.5. The zero-order valence-electron chi connectivity index (χ0n) is 18.6. The van der Waals surface area contributed by atoms with Crippen molar-refractivity contribution in [2.45, 2.75) is 9.79 Å². The van der Waals surface area contributed by atoms with E-state index in [-0.39, 0.29) is 26.9 Å². The molecule has 0 aliphatic heterocycles. The van der Waals surface area contributed by atoms with Crippen LogP contribution in [0.2, 0.25) is 0 Å². The third-order valence-electron chi connectivity index (χ3n) is 4.73. The maximum Gasteiger partial charge on any atom is 0.339 e. The van der Waals surface area contributed by atoms with Crippen LogP contribution in [0.4, 0.5) is 0 Å². The fourth-order valence-corrected chi connectivity index (χ4v) is 4.96. The van der Waals surface area contributed by atoms with Crippen LogP contribution in [0.5, 0.6) is 11.5 Å². The van der Waals surface area contributed by atoms with Crippen molar-refractivity contribution in [1.29, 1.82) is 0 Å². The molecular weight excluding hydrogens is 504 g/mol. The number of benzene rings is 4. The first kappa shape index (κ1) is 24.9. The molecule has 0 atom stereocenters. The van der Waals surface area contributed by atoms with Gasteiger partial charge in [-0.25, -0.2) is 8.42 Å². The Labute approximate surface area is 208 Å². The predicted octanol–water partition coefficient (Wildman–Crippen LogP) is 3.78. The Hall–Kier alpha value is -4.19. The van der Waals surface area contributed by atoms with E-state index in [1.54, 1.807) is 30.3 Å². The van der Waals surface area contributed by atoms with Gasteiger partial charge in [-0.1, -0.05) is 76.7 Å². The molecule has 0 aliphatic carbocycles. The number of sulfonamides is 1. The molecule has 0 aliphatic rings. The van der Waals surface area contributed by atoms with E-state index < -0.39 is 26.0 Å². The summed E-state index contributed by atoms with van der Waals surface area (Å²) in [7, 11) is -8.53. The van der Waals surface area contributed by atoms with Crippen molar-refractivity contribution < 1.29 is 30.7 Å². The van der Waals surface area contributed by atoms with Gasteiger partial charge in [0.2, 0.25) is 0 Å². The first-order valence-electron chi connectivity index (χ1n) is 10.5. The van der Waals surface area contributed by atoms with Gasteiger partial charge in [0.25, 0.3) is 10.0 Å². The van der Waals surface area contributed by atoms with Crippen molar-refractivity contribution in [3.63, 3.8) is 0 Å². The van der Waals surface area contributed by atoms with Gasteiger partial charge in [0.15, 0.2) is 11.5 Å². The smallest absolute Gasteiger partial charge is 0.339 e. The van der Waals surface area contributed by atoms with Crippen LogP contribution in [0.1, 0.15) is 10.4 Å². The van der Waals surface area contributed by atoms with Crippen LogP contribution in [-0.4, -0.2) is 27.9 Å². The van der Waals surface area contributed by atoms with E-state index >= 15 is 0 Å². The Bertz CT molecular complexity index is 1550. The van der Waals surface area contributed by atoms with E-state index in [1.165, 1.54) is 84.9 Å². The Morgan fingerprint density at radius 2 is 1.14 bits per heavy atom. The molecule has 9 nitrogen and oxygen atoms in total. The number of nitrogens with zero attached hydrogens (tertiary/aromatic N) is 1. The lowest BCUT2D eigenvalue weighted by atomic mass is 10.2. The van der Waals surface area contributed by atoms with Crippen LogP contribution < -0.4 is 13.9 Å². The average molecular weight is 525 g/mol. The summed E-state index contributed by atoms with van der Waals surface area (Å²) in [6.07, 6.45) is 0. The van der Waals surface area contributed by atoms with Crippen molar-refractivity contribution in [3.8, 4) is 11.5 Å². The second-order valence-corrected chi connectivity index (χ2v) is 10.5. The van der Waals surface area contributed by atoms with Gasteiger partial charge in [-0.2, -0.15) is 8.42 Å². The summed E-state index contributed by atoms with van der Waals surface area (Å²) >= 11 is 0. The SMILES string of the molecule is O=C(c1ccccc1OS(=O)(=O)c1ccccc1)N(NS(=O)(=O)c1ccccc1)Oc1ccccc1. The van der Waals surface area contributed by atoms with Gasteiger partial charge >= 0.3 is 16.0 Å². The minimum absolute atomic E-state index is 0.115. The van der Waals surface area contributed by atoms with E-state index in [4.69, 9.17) is 9.02 Å². The summed E-state index contributed by atoms with van der Waals surface area (Å²) in [6, 6.07) is 28.3. The third-order valence-corrected chi connectivity index (χ3v) is 7.28. The minimum Gasteiger partial charge on any atom is -0.378 e. The molecule has 0 saturated heterocycles. The van der Waals surface area contributed by atoms with E-state index in [9.17, 15) is 21.6 Å². The zero-order valence-corrected chi connectivity index (χ0v) is 20.2. The number of para-hydroxylation sites is 2. The van der Waals surface area contributed by atoms with E-state index in [0.717, 1.165) is 0 Å². The van der Waals surface area contributed by atoms with Crippen LogP contribution in [0.3, 0.4) is 0 Å². The molecule has 0 radical (unpaired) electrons. The maximum absolute atomic E-state index is 13.5. The molecule has 0 heterocycles. The standard InChI is InChI=1S/C25H20N2O7S2/c28-25(23-18-10-11-19-24(23)34-36(31,32)22-16-8-3-9-17-22)27(33-20-12-4-1-5-13-20)26-35(29,30)21-14-6-2-7-15-21/h1-19,26H. The van der Waals surface area contributed by atoms with Gasteiger partial charge in [0.1, 0.15) is 4.90 Å². The number of carbonyl (C=O) groups excluding carboxylic acids is 1. The summed E-state index contributed by atoms with van der Waals surface area (Å²) in [5, 5.41) is 0.412. The van der Waals surface area contributed by atoms with Crippen LogP contribution in [0.25, 0.3) is 0 Å². The molecule has 0 saturated carbocycles. The summed E-state index contributed by atoms with van der Waals surface area (Å²) in [5.74, 6) is -1.18. The van der Waals surface area contributed by atoms with Gasteiger partial charge in [-0.3, -0.25) is 4.79 Å². The van der Waals surface area contributed by atoms with Gasteiger partial charge in [0, 0.05) is 0 Å². The molecule has 0 spiro atoms. The molecule has 1 amide bonds. The average Bonchev–Trinajstić information content (AvgIpc) is 2.89. The molecule has 0 aromatic heterocycles. The highest BCUT2D eigenvalue weighted by Gasteiger charge is 2.29. The molecule has 4 aromatic rings. The first-order chi connectivity index (χ1) is 17.3. The summed E-state index contributed by atoms with van der Waals surface area (Å²) in [4.78, 5) is 20.9. The monoisotopic (exact) mass is 524 g/mol. The van der Waals surface area contributed by atoms with E-state index in [1.807, 2.05) is 0 Å². The molecule has 4 rings (SSSR count). The Balaban J connectivity index is 1.70. The van der Waals surface area contributed by atoms with Gasteiger partial charge < -0.3 is 9.02 Å². The number of nitrogens with one attached hydrogen (secondary N) is 1. The largest absolute Gasteiger partial charge is 0.378 e. The molecule has 0 unspecified atom stereocenters. The number of hydrogen-bond donors (Lipinski definition) is 1. The molecule has 1 N–H and O–H groups in total. The molecule has 0 bridgehead atoms. The second-order valence-electron chi connectivity index (χ2n) is 7.26. The molecule has 184 valence electrons. The summed E-state index contributed by atoms with van der Waals surface area (Å²) < 4.78 is 56.7. The predicted molar refractivity (Wildman–Crippen MR) is 131 cm³/mol. The summed E-state index contributed by atoms with van der Waals surface area (Å²) in [6.45, 7) is 0. The van der Waals surface area contributed by atoms with Crippen LogP contribution in [0.15, 0.2) is 125 Å². The minimum atomic E-state index is -4.28. The number of hydrazine groups is 1. The lowest BCUT2D eigenvalue weighted by Gasteiger charge is -2.23. The highest BCUT2D eigenvalue weighted by atomic mass is 32.2. The van der Waals surface area contributed by atoms with Crippen LogP contribution >= 0.6 is 0 Å². The topological polar surface area (TPSA) is 119 Å². The second kappa shape index (κ2) is 10.6. The Morgan fingerprint density at radius 1 is 0.639 bits per heavy atom.